The normalized spacial score (nSPS) is 8.82. The van der Waals surface area contributed by atoms with Crippen LogP contribution in [0.5, 0.6) is 11.5 Å². The molecular formula is C12H10O5. The summed E-state index contributed by atoms with van der Waals surface area (Å²) >= 11 is 0. The molecule has 0 unspecified atom stereocenters. The van der Waals surface area contributed by atoms with Crippen molar-refractivity contribution in [1.29, 1.82) is 0 Å². The summed E-state index contributed by atoms with van der Waals surface area (Å²) in [5.41, 5.74) is 0.199. The molecule has 88 valence electrons. The van der Waals surface area contributed by atoms with E-state index in [1.165, 1.54) is 26.4 Å². The minimum atomic E-state index is -0.725. The van der Waals surface area contributed by atoms with Gasteiger partial charge >= 0.3 is 5.97 Å². The van der Waals surface area contributed by atoms with Crippen LogP contribution in [-0.4, -0.2) is 31.6 Å². The average Bonchev–Trinajstić information content (AvgIpc) is 2.35. The lowest BCUT2D eigenvalue weighted by Gasteiger charge is -2.06. The Kier molecular flexibility index (Phi) is 4.12. The van der Waals surface area contributed by atoms with Gasteiger partial charge in [0.1, 0.15) is 0 Å². The molecule has 1 aromatic rings. The van der Waals surface area contributed by atoms with E-state index in [0.29, 0.717) is 6.29 Å². The predicted octanol–water partition coefficient (Wildman–Crippen LogP) is 0.738. The first-order chi connectivity index (χ1) is 8.13. The zero-order valence-corrected chi connectivity index (χ0v) is 9.31. The average molecular weight is 234 g/mol. The Morgan fingerprint density at radius 2 is 2.12 bits per heavy atom. The van der Waals surface area contributed by atoms with Gasteiger partial charge < -0.3 is 14.6 Å². The molecule has 5 nitrogen and oxygen atoms in total. The molecule has 1 N–H and O–H groups in total. The number of rotatable bonds is 2. The molecule has 0 bridgehead atoms. The number of phenols is 1. The fourth-order valence-electron chi connectivity index (χ4n) is 1.15. The van der Waals surface area contributed by atoms with E-state index < -0.39 is 5.97 Å². The van der Waals surface area contributed by atoms with Gasteiger partial charge in [-0.15, -0.1) is 0 Å². The van der Waals surface area contributed by atoms with Crippen molar-refractivity contribution in [2.75, 3.05) is 14.2 Å². The third-order valence-electron chi connectivity index (χ3n) is 2.00. The summed E-state index contributed by atoms with van der Waals surface area (Å²) in [7, 11) is 2.56. The highest BCUT2D eigenvalue weighted by Gasteiger charge is 2.11. The number of phenolic OH excluding ortho intramolecular Hbond substituents is 1. The summed E-state index contributed by atoms with van der Waals surface area (Å²) in [4.78, 5) is 21.7. The topological polar surface area (TPSA) is 72.8 Å². The number of esters is 1. The van der Waals surface area contributed by atoms with Crippen molar-refractivity contribution in [3.8, 4) is 23.3 Å². The Bertz CT molecular complexity index is 508. The Morgan fingerprint density at radius 3 is 2.65 bits per heavy atom. The molecule has 1 aromatic carbocycles. The van der Waals surface area contributed by atoms with Crippen molar-refractivity contribution < 1.29 is 24.2 Å². The lowest BCUT2D eigenvalue weighted by Crippen LogP contribution is -1.96. The summed E-state index contributed by atoms with van der Waals surface area (Å²) in [6, 6.07) is 2.92. The lowest BCUT2D eigenvalue weighted by molar-refractivity contribution is -0.133. The first kappa shape index (κ1) is 12.6. The van der Waals surface area contributed by atoms with Gasteiger partial charge in [-0.25, -0.2) is 4.79 Å². The first-order valence-corrected chi connectivity index (χ1v) is 4.59. The van der Waals surface area contributed by atoms with E-state index in [0.717, 1.165) is 0 Å². The van der Waals surface area contributed by atoms with Crippen molar-refractivity contribution in [3.63, 3.8) is 0 Å². The summed E-state index contributed by atoms with van der Waals surface area (Å²) in [5.74, 6) is 3.73. The molecule has 0 atom stereocenters. The smallest absolute Gasteiger partial charge is 0.384 e. The molecule has 0 saturated heterocycles. The number of aromatic hydroxyl groups is 1. The van der Waals surface area contributed by atoms with Crippen LogP contribution in [0.1, 0.15) is 15.9 Å². The number of aldehydes is 1. The second-order valence-corrected chi connectivity index (χ2v) is 2.94. The number of carbonyl (C=O) groups excluding carboxylic acids is 2. The third kappa shape index (κ3) is 2.75. The van der Waals surface area contributed by atoms with E-state index in [1.54, 1.807) is 0 Å². The van der Waals surface area contributed by atoms with Gasteiger partial charge in [-0.2, -0.15) is 0 Å². The molecule has 0 fully saturated rings. The van der Waals surface area contributed by atoms with Crippen LogP contribution in [0.3, 0.4) is 0 Å². The SMILES string of the molecule is COC(=O)C#Cc1ccc(OC)c(O)c1C=O. The number of carbonyl (C=O) groups is 2. The highest BCUT2D eigenvalue weighted by atomic mass is 16.5. The highest BCUT2D eigenvalue weighted by Crippen LogP contribution is 2.30. The summed E-state index contributed by atoms with van der Waals surface area (Å²) < 4.78 is 9.17. The van der Waals surface area contributed by atoms with E-state index in [4.69, 9.17) is 4.74 Å². The molecule has 0 aliphatic heterocycles. The summed E-state index contributed by atoms with van der Waals surface area (Å²) in [5, 5.41) is 9.65. The van der Waals surface area contributed by atoms with Crippen molar-refractivity contribution in [2.24, 2.45) is 0 Å². The van der Waals surface area contributed by atoms with Crippen molar-refractivity contribution in [3.05, 3.63) is 23.3 Å². The molecule has 0 radical (unpaired) electrons. The minimum Gasteiger partial charge on any atom is -0.504 e. The third-order valence-corrected chi connectivity index (χ3v) is 2.00. The van der Waals surface area contributed by atoms with Gasteiger partial charge in [0.15, 0.2) is 17.8 Å². The van der Waals surface area contributed by atoms with Crippen LogP contribution in [0.15, 0.2) is 12.1 Å². The van der Waals surface area contributed by atoms with Gasteiger partial charge in [0.25, 0.3) is 0 Å². The molecule has 5 heteroatoms. The molecule has 0 aromatic heterocycles. The maximum Gasteiger partial charge on any atom is 0.384 e. The van der Waals surface area contributed by atoms with Gasteiger partial charge in [0.05, 0.1) is 19.8 Å². The number of ether oxygens (including phenoxy) is 2. The van der Waals surface area contributed by atoms with Gasteiger partial charge in [-0.1, -0.05) is 5.92 Å². The second-order valence-electron chi connectivity index (χ2n) is 2.94. The number of methoxy groups -OCH3 is 2. The maximum atomic E-state index is 10.8. The summed E-state index contributed by atoms with van der Waals surface area (Å²) in [6.45, 7) is 0. The molecule has 0 spiro atoms. The van der Waals surface area contributed by atoms with E-state index >= 15 is 0 Å². The van der Waals surface area contributed by atoms with Crippen LogP contribution < -0.4 is 4.74 Å². The van der Waals surface area contributed by atoms with Gasteiger partial charge in [0, 0.05) is 11.5 Å². The zero-order valence-electron chi connectivity index (χ0n) is 9.31. The molecular weight excluding hydrogens is 224 g/mol. The molecule has 0 saturated carbocycles. The van der Waals surface area contributed by atoms with Crippen molar-refractivity contribution in [2.45, 2.75) is 0 Å². The van der Waals surface area contributed by atoms with Gasteiger partial charge in [-0.3, -0.25) is 4.79 Å². The number of hydrogen-bond donors (Lipinski definition) is 1. The summed E-state index contributed by atoms with van der Waals surface area (Å²) in [6.07, 6.45) is 0.444. The lowest BCUT2D eigenvalue weighted by atomic mass is 10.1. The van der Waals surface area contributed by atoms with Crippen LogP contribution in [-0.2, 0) is 9.53 Å². The first-order valence-electron chi connectivity index (χ1n) is 4.59. The van der Waals surface area contributed by atoms with Crippen LogP contribution in [0, 0.1) is 11.8 Å². The maximum absolute atomic E-state index is 10.8. The fraction of sp³-hybridized carbons (Fsp3) is 0.167. The Labute approximate surface area is 98.0 Å². The van der Waals surface area contributed by atoms with Crippen molar-refractivity contribution in [1.82, 2.24) is 0 Å². The van der Waals surface area contributed by atoms with E-state index in [1.807, 2.05) is 0 Å². The van der Waals surface area contributed by atoms with Crippen LogP contribution in [0.25, 0.3) is 0 Å². The second kappa shape index (κ2) is 5.56. The van der Waals surface area contributed by atoms with E-state index in [2.05, 4.69) is 16.6 Å². The molecule has 0 amide bonds. The van der Waals surface area contributed by atoms with Gasteiger partial charge in [-0.05, 0) is 12.1 Å². The Balaban J connectivity index is 3.25. The molecule has 1 rings (SSSR count). The highest BCUT2D eigenvalue weighted by molar-refractivity contribution is 5.91. The molecule has 0 heterocycles. The van der Waals surface area contributed by atoms with Crippen LogP contribution in [0.4, 0.5) is 0 Å². The monoisotopic (exact) mass is 234 g/mol. The zero-order chi connectivity index (χ0) is 12.8. The van der Waals surface area contributed by atoms with Crippen molar-refractivity contribution >= 4 is 12.3 Å². The molecule has 0 aliphatic carbocycles. The largest absolute Gasteiger partial charge is 0.504 e. The Morgan fingerprint density at radius 1 is 1.41 bits per heavy atom. The fourth-order valence-corrected chi connectivity index (χ4v) is 1.15. The predicted molar refractivity (Wildman–Crippen MR) is 58.9 cm³/mol. The number of benzene rings is 1. The van der Waals surface area contributed by atoms with Crippen LogP contribution >= 0.6 is 0 Å². The standard InChI is InChI=1S/C12H10O5/c1-16-10-5-3-8(4-6-11(14)17-2)9(7-13)12(10)15/h3,5,7,15H,1-2H3. The van der Waals surface area contributed by atoms with E-state index in [9.17, 15) is 14.7 Å². The van der Waals surface area contributed by atoms with Gasteiger partial charge in [0.2, 0.25) is 0 Å². The van der Waals surface area contributed by atoms with Crippen LogP contribution in [0.2, 0.25) is 0 Å². The number of hydrogen-bond acceptors (Lipinski definition) is 5. The minimum absolute atomic E-state index is 0.0271. The van der Waals surface area contributed by atoms with E-state index in [-0.39, 0.29) is 22.6 Å². The quantitative estimate of drug-likeness (QED) is 0.464. The molecule has 0 aliphatic rings. The Hall–Kier alpha value is -2.48. The molecule has 17 heavy (non-hydrogen) atoms.